The highest BCUT2D eigenvalue weighted by molar-refractivity contribution is 5.86. The molecule has 3 aromatic rings. The Hall–Kier alpha value is -2.87. The third kappa shape index (κ3) is 4.76. The van der Waals surface area contributed by atoms with Gasteiger partial charge in [-0.05, 0) is 44.5 Å². The van der Waals surface area contributed by atoms with Crippen molar-refractivity contribution in [1.82, 2.24) is 19.9 Å². The molecule has 8 nitrogen and oxygen atoms in total. The molecule has 0 atom stereocenters. The molecule has 1 saturated heterocycles. The molecule has 0 aliphatic carbocycles. The molecule has 0 bridgehead atoms. The van der Waals surface area contributed by atoms with Gasteiger partial charge in [0.1, 0.15) is 17.1 Å². The van der Waals surface area contributed by atoms with Gasteiger partial charge in [-0.3, -0.25) is 0 Å². The number of nitrogens with one attached hydrogen (secondary N) is 2. The van der Waals surface area contributed by atoms with E-state index in [1.54, 1.807) is 0 Å². The molecule has 0 saturated carbocycles. The van der Waals surface area contributed by atoms with Gasteiger partial charge < -0.3 is 24.7 Å². The highest BCUT2D eigenvalue weighted by atomic mass is 16.5. The van der Waals surface area contributed by atoms with Gasteiger partial charge in [0.25, 0.3) is 0 Å². The number of hydrogen-bond donors (Lipinski definition) is 2. The number of hydrogen-bond acceptors (Lipinski definition) is 7. The van der Waals surface area contributed by atoms with Crippen LogP contribution in [0.2, 0.25) is 0 Å². The van der Waals surface area contributed by atoms with E-state index in [1.165, 1.54) is 0 Å². The van der Waals surface area contributed by atoms with Crippen molar-refractivity contribution in [2.45, 2.75) is 34.6 Å². The van der Waals surface area contributed by atoms with Crippen molar-refractivity contribution in [3.8, 4) is 5.75 Å². The number of imidazole rings is 1. The molecule has 0 unspecified atom stereocenters. The molecule has 3 heterocycles. The minimum Gasteiger partial charge on any atom is -0.494 e. The Kier molecular flexibility index (Phi) is 6.87. The first-order valence-electron chi connectivity index (χ1n) is 10.2. The number of fused-ring (bicyclic) bond motifs is 1. The van der Waals surface area contributed by atoms with Gasteiger partial charge in [0.15, 0.2) is 11.5 Å². The lowest BCUT2D eigenvalue weighted by Crippen LogP contribution is -2.37. The van der Waals surface area contributed by atoms with Crippen LogP contribution in [0.15, 0.2) is 18.2 Å². The summed E-state index contributed by atoms with van der Waals surface area (Å²) in [6.45, 7) is 13.6. The topological polar surface area (TPSA) is 88.2 Å². The highest BCUT2D eigenvalue weighted by Crippen LogP contribution is 2.27. The molecule has 2 aromatic heterocycles. The molecular formula is C21H30N6O2. The predicted octanol–water partition coefficient (Wildman–Crippen LogP) is 3.97. The summed E-state index contributed by atoms with van der Waals surface area (Å²) < 4.78 is 11.0. The second-order valence-electron chi connectivity index (χ2n) is 6.51. The van der Waals surface area contributed by atoms with E-state index in [0.29, 0.717) is 37.2 Å². The lowest BCUT2D eigenvalue weighted by molar-refractivity contribution is 0.122. The number of aromatic nitrogens is 4. The van der Waals surface area contributed by atoms with Crippen LogP contribution >= 0.6 is 0 Å². The zero-order chi connectivity index (χ0) is 20.8. The minimum atomic E-state index is 0.645. The third-order valence-electron chi connectivity index (χ3n) is 4.52. The molecule has 0 amide bonds. The van der Waals surface area contributed by atoms with E-state index in [0.717, 1.165) is 41.4 Å². The maximum Gasteiger partial charge on any atom is 0.207 e. The number of nitrogens with zero attached hydrogens (tertiary/aromatic N) is 4. The molecule has 1 aliphatic heterocycles. The number of ether oxygens (including phenoxy) is 2. The molecule has 4 rings (SSSR count). The van der Waals surface area contributed by atoms with Crippen LogP contribution in [0.25, 0.3) is 11.2 Å². The van der Waals surface area contributed by atoms with E-state index in [4.69, 9.17) is 9.47 Å². The van der Waals surface area contributed by atoms with E-state index in [2.05, 4.69) is 30.2 Å². The first-order valence-corrected chi connectivity index (χ1v) is 10.2. The summed E-state index contributed by atoms with van der Waals surface area (Å²) in [5.41, 5.74) is 3.55. The van der Waals surface area contributed by atoms with Gasteiger partial charge in [0, 0.05) is 18.8 Å². The summed E-state index contributed by atoms with van der Waals surface area (Å²) in [5, 5.41) is 3.35. The quantitative estimate of drug-likeness (QED) is 0.672. The molecule has 1 fully saturated rings. The molecule has 8 heteroatoms. The summed E-state index contributed by atoms with van der Waals surface area (Å²) >= 11 is 0. The normalized spacial score (nSPS) is 13.8. The summed E-state index contributed by atoms with van der Waals surface area (Å²) in [7, 11) is 0. The summed E-state index contributed by atoms with van der Waals surface area (Å²) in [4.78, 5) is 19.3. The maximum absolute atomic E-state index is 5.55. The van der Waals surface area contributed by atoms with E-state index in [9.17, 15) is 0 Å². The monoisotopic (exact) mass is 398 g/mol. The number of aromatic amines is 1. The minimum absolute atomic E-state index is 0.645. The van der Waals surface area contributed by atoms with Gasteiger partial charge in [0.05, 0.1) is 19.8 Å². The number of rotatable bonds is 5. The zero-order valence-corrected chi connectivity index (χ0v) is 17.9. The van der Waals surface area contributed by atoms with E-state index < -0.39 is 0 Å². The summed E-state index contributed by atoms with van der Waals surface area (Å²) in [6.07, 6.45) is 0. The standard InChI is InChI=1S/C19H24N6O2.C2H6/c1-4-27-14-5-6-15(12(2)11-14)22-19-23-16-17(24-19)20-13(3)21-18(16)25-7-9-26-10-8-25;1-2/h5-6,11H,4,7-10H2,1-3H3,(H2,20,21,22,23,24);1-2H3. The first kappa shape index (κ1) is 20.9. The average Bonchev–Trinajstić information content (AvgIpc) is 3.14. The van der Waals surface area contributed by atoms with Crippen LogP contribution in [0, 0.1) is 13.8 Å². The molecule has 2 N–H and O–H groups in total. The van der Waals surface area contributed by atoms with Crippen LogP contribution in [0.1, 0.15) is 32.2 Å². The number of anilines is 3. The number of aryl methyl sites for hydroxylation is 2. The Balaban J connectivity index is 0.00000117. The van der Waals surface area contributed by atoms with E-state index >= 15 is 0 Å². The maximum atomic E-state index is 5.55. The second-order valence-corrected chi connectivity index (χ2v) is 6.51. The van der Waals surface area contributed by atoms with Crippen LogP contribution in [0.5, 0.6) is 5.75 Å². The number of benzene rings is 1. The van der Waals surface area contributed by atoms with E-state index in [1.807, 2.05) is 52.8 Å². The van der Waals surface area contributed by atoms with Crippen molar-refractivity contribution < 1.29 is 9.47 Å². The van der Waals surface area contributed by atoms with Crippen LogP contribution in [0.3, 0.4) is 0 Å². The highest BCUT2D eigenvalue weighted by Gasteiger charge is 2.19. The Morgan fingerprint density at radius 1 is 1.14 bits per heavy atom. The fourth-order valence-corrected chi connectivity index (χ4v) is 3.21. The smallest absolute Gasteiger partial charge is 0.207 e. The van der Waals surface area contributed by atoms with Crippen LogP contribution < -0.4 is 15.0 Å². The van der Waals surface area contributed by atoms with Crippen molar-refractivity contribution in [3.05, 3.63) is 29.6 Å². The van der Waals surface area contributed by atoms with Crippen molar-refractivity contribution in [3.63, 3.8) is 0 Å². The molecular weight excluding hydrogens is 368 g/mol. The van der Waals surface area contributed by atoms with Crippen molar-refractivity contribution >= 4 is 28.6 Å². The molecule has 1 aromatic carbocycles. The molecule has 0 spiro atoms. The van der Waals surface area contributed by atoms with Crippen LogP contribution in [-0.2, 0) is 4.74 Å². The lowest BCUT2D eigenvalue weighted by atomic mass is 10.2. The average molecular weight is 399 g/mol. The fourth-order valence-electron chi connectivity index (χ4n) is 3.21. The third-order valence-corrected chi connectivity index (χ3v) is 4.52. The van der Waals surface area contributed by atoms with Gasteiger partial charge in [-0.25, -0.2) is 9.97 Å². The summed E-state index contributed by atoms with van der Waals surface area (Å²) in [6, 6.07) is 5.95. The zero-order valence-electron chi connectivity index (χ0n) is 17.9. The van der Waals surface area contributed by atoms with Crippen molar-refractivity contribution in [2.75, 3.05) is 43.1 Å². The number of H-pyrrole nitrogens is 1. The van der Waals surface area contributed by atoms with Crippen LogP contribution in [-0.4, -0.2) is 52.8 Å². The Morgan fingerprint density at radius 3 is 2.59 bits per heavy atom. The van der Waals surface area contributed by atoms with Gasteiger partial charge >= 0.3 is 0 Å². The first-order chi connectivity index (χ1) is 14.1. The predicted molar refractivity (Wildman–Crippen MR) is 116 cm³/mol. The molecule has 29 heavy (non-hydrogen) atoms. The fraction of sp³-hybridized carbons (Fsp3) is 0.476. The SMILES string of the molecule is CC.CCOc1ccc(Nc2nc3nc(C)nc(N4CCOCC4)c3[nH]2)c(C)c1. The van der Waals surface area contributed by atoms with E-state index in [-0.39, 0.29) is 0 Å². The van der Waals surface area contributed by atoms with Crippen molar-refractivity contribution in [2.24, 2.45) is 0 Å². The lowest BCUT2D eigenvalue weighted by Gasteiger charge is -2.28. The Morgan fingerprint density at radius 2 is 1.90 bits per heavy atom. The van der Waals surface area contributed by atoms with Gasteiger partial charge in [0.2, 0.25) is 5.95 Å². The largest absolute Gasteiger partial charge is 0.494 e. The Labute approximate surface area is 171 Å². The van der Waals surface area contributed by atoms with Gasteiger partial charge in [-0.1, -0.05) is 13.8 Å². The van der Waals surface area contributed by atoms with Crippen LogP contribution in [0.4, 0.5) is 17.5 Å². The van der Waals surface area contributed by atoms with Gasteiger partial charge in [-0.2, -0.15) is 4.98 Å². The van der Waals surface area contributed by atoms with Crippen molar-refractivity contribution in [1.29, 1.82) is 0 Å². The number of morpholine rings is 1. The summed E-state index contributed by atoms with van der Waals surface area (Å²) in [5.74, 6) is 3.09. The Bertz CT molecular complexity index is 950. The molecule has 0 radical (unpaired) electrons. The molecule has 1 aliphatic rings. The van der Waals surface area contributed by atoms with Gasteiger partial charge in [-0.15, -0.1) is 0 Å². The molecule has 156 valence electrons. The second kappa shape index (κ2) is 9.56.